The first-order chi connectivity index (χ1) is 14.3. The monoisotopic (exact) mass is 421 g/mol. The predicted molar refractivity (Wildman–Crippen MR) is 122 cm³/mol. The summed E-state index contributed by atoms with van der Waals surface area (Å²) in [5, 5.41) is 2.78. The molecule has 1 aromatic heterocycles. The average Bonchev–Trinajstić information content (AvgIpc) is 2.71. The van der Waals surface area contributed by atoms with Gasteiger partial charge in [0, 0.05) is 11.9 Å². The van der Waals surface area contributed by atoms with Crippen LogP contribution in [-0.2, 0) is 14.8 Å². The number of hydrogen-bond acceptors (Lipinski definition) is 4. The number of aromatic nitrogens is 1. The lowest BCUT2D eigenvalue weighted by Crippen LogP contribution is -2.37. The van der Waals surface area contributed by atoms with Crippen LogP contribution in [0.5, 0.6) is 0 Å². The van der Waals surface area contributed by atoms with Crippen LogP contribution in [0.15, 0.2) is 72.9 Å². The molecule has 30 heavy (non-hydrogen) atoms. The number of sulfonamides is 1. The van der Waals surface area contributed by atoms with Gasteiger partial charge in [-0.05, 0) is 54.5 Å². The zero-order valence-corrected chi connectivity index (χ0v) is 17.6. The quantitative estimate of drug-likeness (QED) is 0.626. The van der Waals surface area contributed by atoms with E-state index in [1.54, 1.807) is 24.4 Å². The highest BCUT2D eigenvalue weighted by Gasteiger charge is 2.22. The van der Waals surface area contributed by atoms with Crippen LogP contribution in [0.2, 0.25) is 0 Å². The molecule has 154 valence electrons. The van der Waals surface area contributed by atoms with Crippen LogP contribution in [-0.4, -0.2) is 32.1 Å². The molecule has 6 nitrogen and oxygen atoms in total. The average molecular weight is 422 g/mol. The van der Waals surface area contributed by atoms with Crippen LogP contribution in [0.25, 0.3) is 12.2 Å². The number of anilines is 2. The molecular formula is C23H23N3O3S. The van der Waals surface area contributed by atoms with Gasteiger partial charge in [0.05, 0.1) is 17.6 Å². The summed E-state index contributed by atoms with van der Waals surface area (Å²) in [5.74, 6) is -0.422. The van der Waals surface area contributed by atoms with E-state index in [0.717, 1.165) is 27.4 Å². The standard InChI is InChI=1S/C23H23N3O3S/c1-18-8-3-4-12-22(18)26(30(2,28)29)17-23(27)25-21-11-7-9-19(16-21)13-14-20-10-5-6-15-24-20/h3-16H,17H2,1-2H3,(H,25,27). The Morgan fingerprint density at radius 3 is 2.50 bits per heavy atom. The van der Waals surface area contributed by atoms with Crippen molar-refractivity contribution in [2.24, 2.45) is 0 Å². The van der Waals surface area contributed by atoms with Crippen molar-refractivity contribution < 1.29 is 13.2 Å². The topological polar surface area (TPSA) is 79.4 Å². The first-order valence-corrected chi connectivity index (χ1v) is 11.2. The van der Waals surface area contributed by atoms with Crippen molar-refractivity contribution in [2.45, 2.75) is 6.92 Å². The number of pyridine rings is 1. The Bertz CT molecular complexity index is 1160. The maximum atomic E-state index is 12.6. The van der Waals surface area contributed by atoms with Crippen molar-refractivity contribution in [2.75, 3.05) is 22.4 Å². The van der Waals surface area contributed by atoms with Gasteiger partial charge in [0.2, 0.25) is 15.9 Å². The third-order valence-electron chi connectivity index (χ3n) is 4.38. The Hall–Kier alpha value is -3.45. The molecule has 2 aromatic carbocycles. The lowest BCUT2D eigenvalue weighted by Gasteiger charge is -2.23. The number of benzene rings is 2. The molecule has 0 bridgehead atoms. The van der Waals surface area contributed by atoms with E-state index in [0.29, 0.717) is 11.4 Å². The van der Waals surface area contributed by atoms with Crippen molar-refractivity contribution in [3.8, 4) is 0 Å². The first kappa shape index (κ1) is 21.3. The maximum Gasteiger partial charge on any atom is 0.245 e. The fourth-order valence-electron chi connectivity index (χ4n) is 2.93. The predicted octanol–water partition coefficient (Wildman–Crippen LogP) is 3.97. The van der Waals surface area contributed by atoms with Gasteiger partial charge in [-0.2, -0.15) is 0 Å². The van der Waals surface area contributed by atoms with Crippen molar-refractivity contribution in [3.63, 3.8) is 0 Å². The molecule has 0 spiro atoms. The smallest absolute Gasteiger partial charge is 0.245 e. The Morgan fingerprint density at radius 2 is 1.80 bits per heavy atom. The summed E-state index contributed by atoms with van der Waals surface area (Å²) in [5.41, 5.74) is 3.56. The van der Waals surface area contributed by atoms with Crippen molar-refractivity contribution in [1.82, 2.24) is 4.98 Å². The summed E-state index contributed by atoms with van der Waals surface area (Å²) in [6, 6.07) is 20.0. The number of rotatable bonds is 7. The lowest BCUT2D eigenvalue weighted by molar-refractivity contribution is -0.114. The fourth-order valence-corrected chi connectivity index (χ4v) is 3.85. The van der Waals surface area contributed by atoms with Gasteiger partial charge in [-0.1, -0.05) is 42.5 Å². The molecule has 0 aliphatic carbocycles. The lowest BCUT2D eigenvalue weighted by atomic mass is 10.1. The summed E-state index contributed by atoms with van der Waals surface area (Å²) >= 11 is 0. The number of amides is 1. The largest absolute Gasteiger partial charge is 0.324 e. The van der Waals surface area contributed by atoms with Gasteiger partial charge in [-0.3, -0.25) is 14.1 Å². The minimum absolute atomic E-state index is 0.308. The summed E-state index contributed by atoms with van der Waals surface area (Å²) in [6.07, 6.45) is 6.59. The first-order valence-electron chi connectivity index (χ1n) is 9.35. The van der Waals surface area contributed by atoms with Crippen LogP contribution < -0.4 is 9.62 Å². The second kappa shape index (κ2) is 9.37. The number of nitrogens with one attached hydrogen (secondary N) is 1. The van der Waals surface area contributed by atoms with Crippen molar-refractivity contribution in [1.29, 1.82) is 0 Å². The van der Waals surface area contributed by atoms with Gasteiger partial charge < -0.3 is 5.32 Å². The number of carbonyl (C=O) groups excluding carboxylic acids is 1. The van der Waals surface area contributed by atoms with E-state index in [-0.39, 0.29) is 6.54 Å². The van der Waals surface area contributed by atoms with Crippen LogP contribution in [0.1, 0.15) is 16.8 Å². The summed E-state index contributed by atoms with van der Waals surface area (Å²) in [6.45, 7) is 1.50. The van der Waals surface area contributed by atoms with E-state index in [1.807, 2.05) is 67.6 Å². The van der Waals surface area contributed by atoms with E-state index in [9.17, 15) is 13.2 Å². The maximum absolute atomic E-state index is 12.6. The molecule has 0 fully saturated rings. The normalized spacial score (nSPS) is 11.4. The fraction of sp³-hybridized carbons (Fsp3) is 0.130. The van der Waals surface area contributed by atoms with Gasteiger partial charge in [0.25, 0.3) is 0 Å². The molecule has 1 N–H and O–H groups in total. The van der Waals surface area contributed by atoms with Gasteiger partial charge >= 0.3 is 0 Å². The molecule has 3 aromatic rings. The van der Waals surface area contributed by atoms with E-state index >= 15 is 0 Å². The number of carbonyl (C=O) groups is 1. The zero-order valence-electron chi connectivity index (χ0n) is 16.8. The number of nitrogens with zero attached hydrogens (tertiary/aromatic N) is 2. The Morgan fingerprint density at radius 1 is 1.03 bits per heavy atom. The van der Waals surface area contributed by atoms with Crippen LogP contribution in [0.3, 0.4) is 0 Å². The molecule has 0 saturated heterocycles. The van der Waals surface area contributed by atoms with E-state index in [2.05, 4.69) is 10.3 Å². The van der Waals surface area contributed by atoms with E-state index < -0.39 is 15.9 Å². The molecule has 0 aliphatic rings. The third-order valence-corrected chi connectivity index (χ3v) is 5.50. The van der Waals surface area contributed by atoms with Gasteiger partial charge in [-0.25, -0.2) is 8.42 Å². The summed E-state index contributed by atoms with van der Waals surface area (Å²) < 4.78 is 25.7. The van der Waals surface area contributed by atoms with Crippen LogP contribution >= 0.6 is 0 Å². The number of hydrogen-bond donors (Lipinski definition) is 1. The molecule has 7 heteroatoms. The zero-order chi connectivity index (χ0) is 21.6. The van der Waals surface area contributed by atoms with Gasteiger partial charge in [-0.15, -0.1) is 0 Å². The van der Waals surface area contributed by atoms with Gasteiger partial charge in [0.1, 0.15) is 6.54 Å². The number of aryl methyl sites for hydroxylation is 1. The summed E-state index contributed by atoms with van der Waals surface area (Å²) in [7, 11) is -3.62. The van der Waals surface area contributed by atoms with Crippen LogP contribution in [0, 0.1) is 6.92 Å². The highest BCUT2D eigenvalue weighted by Crippen LogP contribution is 2.22. The summed E-state index contributed by atoms with van der Waals surface area (Å²) in [4.78, 5) is 16.8. The Labute approximate surface area is 176 Å². The van der Waals surface area contributed by atoms with Gasteiger partial charge in [0.15, 0.2) is 0 Å². The van der Waals surface area contributed by atoms with Crippen molar-refractivity contribution in [3.05, 3.63) is 89.7 Å². The molecule has 1 amide bonds. The minimum Gasteiger partial charge on any atom is -0.324 e. The van der Waals surface area contributed by atoms with Crippen molar-refractivity contribution >= 4 is 39.5 Å². The highest BCUT2D eigenvalue weighted by molar-refractivity contribution is 7.92. The molecule has 0 atom stereocenters. The molecule has 0 saturated carbocycles. The molecule has 1 heterocycles. The van der Waals surface area contributed by atoms with E-state index in [4.69, 9.17) is 0 Å². The molecular weight excluding hydrogens is 398 g/mol. The molecule has 0 aliphatic heterocycles. The Kier molecular flexibility index (Phi) is 6.64. The molecule has 0 radical (unpaired) electrons. The molecule has 0 unspecified atom stereocenters. The molecule has 3 rings (SSSR count). The second-order valence-corrected chi connectivity index (χ2v) is 8.72. The Balaban J connectivity index is 1.74. The van der Waals surface area contributed by atoms with E-state index in [1.165, 1.54) is 0 Å². The SMILES string of the molecule is Cc1ccccc1N(CC(=O)Nc1cccc(C=Cc2ccccn2)c1)S(C)(=O)=O. The highest BCUT2D eigenvalue weighted by atomic mass is 32.2. The number of para-hydroxylation sites is 1. The second-order valence-electron chi connectivity index (χ2n) is 6.82. The third kappa shape index (κ3) is 5.78. The minimum atomic E-state index is -3.62. The van der Waals surface area contributed by atoms with Crippen LogP contribution in [0.4, 0.5) is 11.4 Å².